The van der Waals surface area contributed by atoms with Gasteiger partial charge in [0, 0.05) is 21.2 Å². The van der Waals surface area contributed by atoms with Gasteiger partial charge in [-0.2, -0.15) is 0 Å². The van der Waals surface area contributed by atoms with Gasteiger partial charge in [0.15, 0.2) is 5.78 Å². The van der Waals surface area contributed by atoms with Gasteiger partial charge in [-0.15, -0.1) is 0 Å². The number of nitro benzene ring substituents is 1. The second kappa shape index (κ2) is 8.18. The second-order valence-electron chi connectivity index (χ2n) is 4.93. The zero-order chi connectivity index (χ0) is 24.2. The molecule has 134 valence electrons. The summed E-state index contributed by atoms with van der Waals surface area (Å²) < 4.78 is 54.5. The number of carbonyl (C=O) groups excluding carboxylic acids is 3. The van der Waals surface area contributed by atoms with E-state index in [1.165, 1.54) is 18.2 Å². The number of nitro groups is 1. The first-order valence-corrected chi connectivity index (χ1v) is 6.86. The largest absolute Gasteiger partial charge is 0.458 e. The molecule has 0 spiro atoms. The molecule has 0 aliphatic rings. The maximum atomic E-state index is 12.5. The van der Waals surface area contributed by atoms with E-state index in [1.54, 1.807) is 0 Å². The maximum Gasteiger partial charge on any atom is 0.341 e. The third-order valence-corrected chi connectivity index (χ3v) is 2.76. The van der Waals surface area contributed by atoms with Crippen LogP contribution in [0.3, 0.4) is 0 Å². The van der Waals surface area contributed by atoms with Gasteiger partial charge in [-0.25, -0.2) is 4.79 Å². The van der Waals surface area contributed by atoms with Crippen LogP contribution < -0.4 is 0 Å². The van der Waals surface area contributed by atoms with Crippen molar-refractivity contribution in [2.75, 3.05) is 6.61 Å². The molecule has 0 radical (unpaired) electrons. The Hall–Kier alpha value is -3.03. The molecule has 0 bridgehead atoms. The van der Waals surface area contributed by atoms with Crippen LogP contribution in [0.1, 0.15) is 41.3 Å². The highest BCUT2D eigenvalue weighted by Gasteiger charge is 2.26. The van der Waals surface area contributed by atoms with Crippen LogP contribution in [0.15, 0.2) is 29.8 Å². The number of Topliss-reactive ketones (excluding diaryl/α,β-unsaturated/α-hetero) is 1. The summed E-state index contributed by atoms with van der Waals surface area (Å²) in [6.07, 6.45) is 0.862. The Morgan fingerprint density at radius 2 is 1.92 bits per heavy atom. The van der Waals surface area contributed by atoms with Crippen LogP contribution >= 0.6 is 0 Å². The van der Waals surface area contributed by atoms with Gasteiger partial charge in [0.25, 0.3) is 5.69 Å². The lowest BCUT2D eigenvalue weighted by Gasteiger charge is -2.23. The summed E-state index contributed by atoms with van der Waals surface area (Å²) in [5.41, 5.74) is -4.44. The van der Waals surface area contributed by atoms with E-state index in [9.17, 15) is 24.5 Å². The Morgan fingerprint density at radius 3 is 2.44 bits per heavy atom. The zero-order valence-electron chi connectivity index (χ0n) is 19.4. The Labute approximate surface area is 153 Å². The van der Waals surface area contributed by atoms with Gasteiger partial charge in [-0.05, 0) is 32.8 Å². The number of hydrogen-bond acceptors (Lipinski definition) is 7. The summed E-state index contributed by atoms with van der Waals surface area (Å²) in [6, 6.07) is 5.16. The number of rotatable bonds is 7. The Balaban J connectivity index is 3.38. The molecule has 0 heterocycles. The molecular formula is C17H19NO7. The molecule has 25 heavy (non-hydrogen) atoms. The molecule has 0 aliphatic carbocycles. The highest BCUT2D eigenvalue weighted by Crippen LogP contribution is 2.21. The predicted octanol–water partition coefficient (Wildman–Crippen LogP) is 2.45. The average Bonchev–Trinajstić information content (AvgIpc) is 2.60. The van der Waals surface area contributed by atoms with Crippen LogP contribution in [-0.4, -0.2) is 34.9 Å². The van der Waals surface area contributed by atoms with Crippen molar-refractivity contribution in [2.24, 2.45) is 0 Å². The van der Waals surface area contributed by atoms with E-state index in [0.717, 1.165) is 26.0 Å². The molecule has 0 atom stereocenters. The average molecular weight is 355 g/mol. The van der Waals surface area contributed by atoms with Crippen molar-refractivity contribution in [3.63, 3.8) is 0 Å². The van der Waals surface area contributed by atoms with Gasteiger partial charge in [-0.3, -0.25) is 19.7 Å². The molecule has 0 saturated heterocycles. The first kappa shape index (κ1) is 12.3. The lowest BCUT2D eigenvalue weighted by molar-refractivity contribution is -0.385. The number of hydrogen-bond donors (Lipinski definition) is 0. The third-order valence-electron chi connectivity index (χ3n) is 2.76. The lowest BCUT2D eigenvalue weighted by atomic mass is 10.1. The van der Waals surface area contributed by atoms with E-state index in [-0.39, 0.29) is 5.56 Å². The van der Waals surface area contributed by atoms with Crippen molar-refractivity contribution in [3.8, 4) is 0 Å². The lowest BCUT2D eigenvalue weighted by Crippen LogP contribution is -2.34. The SMILES string of the molecule is [2H]C([2H])([2H])C(COC(=O)C(=Cc1ccccc1[N+](=O)[O-])C(C)=O)(OC(C)=O)C([2H])([2H])[2H]. The van der Waals surface area contributed by atoms with Gasteiger partial charge < -0.3 is 9.47 Å². The second-order valence-corrected chi connectivity index (χ2v) is 4.93. The molecule has 0 aromatic heterocycles. The fourth-order valence-corrected chi connectivity index (χ4v) is 1.76. The van der Waals surface area contributed by atoms with Crippen LogP contribution in [0.5, 0.6) is 0 Å². The number of para-hydroxylation sites is 1. The monoisotopic (exact) mass is 355 g/mol. The molecule has 0 unspecified atom stereocenters. The van der Waals surface area contributed by atoms with Crippen LogP contribution in [0.4, 0.5) is 5.69 Å². The van der Waals surface area contributed by atoms with Gasteiger partial charge in [0.2, 0.25) is 0 Å². The van der Waals surface area contributed by atoms with Gasteiger partial charge in [-0.1, -0.05) is 12.1 Å². The molecule has 8 heteroatoms. The first-order chi connectivity index (χ1) is 14.0. The molecule has 0 fully saturated rings. The molecule has 0 amide bonds. The minimum Gasteiger partial charge on any atom is -0.458 e. The van der Waals surface area contributed by atoms with E-state index < -0.39 is 59.8 Å². The zero-order valence-corrected chi connectivity index (χ0v) is 13.4. The molecular weight excluding hydrogens is 330 g/mol. The summed E-state index contributed by atoms with van der Waals surface area (Å²) in [5.74, 6) is -3.58. The molecule has 8 nitrogen and oxygen atoms in total. The van der Waals surface area contributed by atoms with Crippen molar-refractivity contribution < 1.29 is 37.0 Å². The fraction of sp³-hybridized carbons (Fsp3) is 0.353. The molecule has 0 aliphatic heterocycles. The molecule has 1 rings (SSSR count). The van der Waals surface area contributed by atoms with E-state index >= 15 is 0 Å². The molecule has 0 saturated carbocycles. The fourth-order valence-electron chi connectivity index (χ4n) is 1.76. The number of esters is 2. The molecule has 1 aromatic carbocycles. The van der Waals surface area contributed by atoms with Crippen molar-refractivity contribution in [1.82, 2.24) is 0 Å². The summed E-state index contributed by atoms with van der Waals surface area (Å²) in [5, 5.41) is 11.1. The minimum atomic E-state index is -3.43. The van der Waals surface area contributed by atoms with Gasteiger partial charge >= 0.3 is 11.9 Å². The quantitative estimate of drug-likeness (QED) is 0.184. The van der Waals surface area contributed by atoms with E-state index in [1.807, 2.05) is 0 Å². The summed E-state index contributed by atoms with van der Waals surface area (Å²) in [6.45, 7) is -6.54. The van der Waals surface area contributed by atoms with Crippen molar-refractivity contribution in [1.29, 1.82) is 0 Å². The number of ether oxygens (including phenoxy) is 2. The van der Waals surface area contributed by atoms with E-state index in [0.29, 0.717) is 0 Å². The van der Waals surface area contributed by atoms with Crippen molar-refractivity contribution >= 4 is 29.5 Å². The van der Waals surface area contributed by atoms with Crippen molar-refractivity contribution in [3.05, 3.63) is 45.5 Å². The Bertz CT molecular complexity index is 906. The number of nitrogens with zero attached hydrogens (tertiary/aromatic N) is 1. The van der Waals surface area contributed by atoms with Crippen LogP contribution in [0.25, 0.3) is 6.08 Å². The molecule has 1 aromatic rings. The summed E-state index contributed by atoms with van der Waals surface area (Å²) in [4.78, 5) is 46.2. The summed E-state index contributed by atoms with van der Waals surface area (Å²) >= 11 is 0. The highest BCUT2D eigenvalue weighted by molar-refractivity contribution is 6.20. The predicted molar refractivity (Wildman–Crippen MR) is 88.6 cm³/mol. The Kier molecular flexibility index (Phi) is 4.04. The number of ketones is 1. The van der Waals surface area contributed by atoms with Crippen LogP contribution in [0.2, 0.25) is 0 Å². The normalized spacial score (nSPS) is 16.2. The first-order valence-electron chi connectivity index (χ1n) is 9.86. The van der Waals surface area contributed by atoms with Crippen LogP contribution in [-0.2, 0) is 23.9 Å². The molecule has 0 N–H and O–H groups in total. The van der Waals surface area contributed by atoms with E-state index in [2.05, 4.69) is 4.74 Å². The van der Waals surface area contributed by atoms with Gasteiger partial charge in [0.1, 0.15) is 17.8 Å². The minimum absolute atomic E-state index is 0.118. The standard InChI is InChI=1S/C17H19NO7/c1-11(19)14(9-13-7-5-6-8-15(13)18(22)23)16(21)24-10-17(3,4)25-12(2)20/h5-9H,10H2,1-4H3/i3D3,4D3. The summed E-state index contributed by atoms with van der Waals surface area (Å²) in [7, 11) is 0. The van der Waals surface area contributed by atoms with Crippen LogP contribution in [0, 0.1) is 10.1 Å². The number of carbonyl (C=O) groups is 3. The smallest absolute Gasteiger partial charge is 0.341 e. The number of benzene rings is 1. The topological polar surface area (TPSA) is 113 Å². The van der Waals surface area contributed by atoms with Crippen molar-refractivity contribution in [2.45, 2.75) is 33.2 Å². The highest BCUT2D eigenvalue weighted by atomic mass is 16.6. The third kappa shape index (κ3) is 6.17. The van der Waals surface area contributed by atoms with Gasteiger partial charge in [0.05, 0.1) is 10.5 Å². The Morgan fingerprint density at radius 1 is 1.28 bits per heavy atom. The maximum absolute atomic E-state index is 12.5. The van der Waals surface area contributed by atoms with E-state index in [4.69, 9.17) is 13.0 Å².